The summed E-state index contributed by atoms with van der Waals surface area (Å²) in [5, 5.41) is 22.6. The first kappa shape index (κ1) is 27.8. The third kappa shape index (κ3) is 6.06. The molecule has 206 valence electrons. The summed E-state index contributed by atoms with van der Waals surface area (Å²) in [4.78, 5) is 6.87. The summed E-state index contributed by atoms with van der Waals surface area (Å²) in [5.74, 6) is 0.785. The number of likely N-dealkylation sites (tertiary alicyclic amines) is 1. The quantitative estimate of drug-likeness (QED) is 0.413. The fourth-order valence-corrected chi connectivity index (χ4v) is 5.76. The molecule has 0 aliphatic carbocycles. The maximum absolute atomic E-state index is 11.2. The molecule has 2 N–H and O–H groups in total. The molecule has 2 aromatic carbocycles. The Hall–Kier alpha value is -2.74. The van der Waals surface area contributed by atoms with Gasteiger partial charge in [-0.3, -0.25) is 4.98 Å². The lowest BCUT2D eigenvalue weighted by Crippen LogP contribution is -2.57. The molecule has 6 nitrogen and oxygen atoms in total. The zero-order chi connectivity index (χ0) is 27.6. The molecule has 1 fully saturated rings. The first-order chi connectivity index (χ1) is 18.7. The summed E-state index contributed by atoms with van der Waals surface area (Å²) < 4.78 is 12.1. The predicted octanol–water partition coefficient (Wildman–Crippen LogP) is 5.37. The largest absolute Gasteiger partial charge is 0.487 e. The van der Waals surface area contributed by atoms with E-state index in [-0.39, 0.29) is 0 Å². The van der Waals surface area contributed by atoms with Crippen LogP contribution in [0.1, 0.15) is 54.6 Å². The molecule has 0 spiro atoms. The van der Waals surface area contributed by atoms with Crippen LogP contribution in [0.3, 0.4) is 0 Å². The van der Waals surface area contributed by atoms with Gasteiger partial charge in [-0.05, 0) is 73.7 Å². The molecule has 1 saturated heterocycles. The maximum atomic E-state index is 11.2. The number of fused-ring (bicyclic) bond motifs is 2. The van der Waals surface area contributed by atoms with E-state index in [2.05, 4.69) is 22.0 Å². The number of aliphatic hydroxyl groups is 2. The van der Waals surface area contributed by atoms with Gasteiger partial charge in [-0.2, -0.15) is 0 Å². The SMILES string of the molecule is COC1(Cc2ccc(Cl)cc2)CCN(CC/C=C2/c3cc(C(C)(C)O)ccc3OCc3ncccc32)CC1O. The number of methoxy groups -OCH3 is 1. The number of piperidine rings is 1. The molecule has 0 saturated carbocycles. The Kier molecular flexibility index (Phi) is 8.13. The van der Waals surface area contributed by atoms with Crippen LogP contribution in [0.15, 0.2) is 66.9 Å². The molecule has 3 heterocycles. The zero-order valence-corrected chi connectivity index (χ0v) is 23.6. The summed E-state index contributed by atoms with van der Waals surface area (Å²) >= 11 is 6.05. The van der Waals surface area contributed by atoms with Gasteiger partial charge in [0.05, 0.1) is 17.4 Å². The summed E-state index contributed by atoms with van der Waals surface area (Å²) in [6.07, 6.45) is 5.59. The van der Waals surface area contributed by atoms with E-state index in [1.165, 1.54) is 0 Å². The Labute approximate surface area is 235 Å². The van der Waals surface area contributed by atoms with Gasteiger partial charge in [-0.1, -0.05) is 41.9 Å². The second-order valence-corrected chi connectivity index (χ2v) is 11.5. The Morgan fingerprint density at radius 2 is 1.97 bits per heavy atom. The molecule has 0 amide bonds. The number of hydrogen-bond donors (Lipinski definition) is 2. The molecule has 7 heteroatoms. The van der Waals surface area contributed by atoms with Crippen LogP contribution in [0.25, 0.3) is 5.57 Å². The van der Waals surface area contributed by atoms with Gasteiger partial charge in [-0.25, -0.2) is 0 Å². The smallest absolute Gasteiger partial charge is 0.131 e. The van der Waals surface area contributed by atoms with Crippen LogP contribution in [-0.4, -0.2) is 58.5 Å². The summed E-state index contributed by atoms with van der Waals surface area (Å²) in [6.45, 7) is 6.17. The lowest BCUT2D eigenvalue weighted by molar-refractivity contribution is -0.139. The number of halogens is 1. The number of rotatable bonds is 7. The van der Waals surface area contributed by atoms with Crippen molar-refractivity contribution in [3.63, 3.8) is 0 Å². The zero-order valence-electron chi connectivity index (χ0n) is 22.9. The molecule has 2 aliphatic heterocycles. The number of aliphatic hydroxyl groups excluding tert-OH is 1. The van der Waals surface area contributed by atoms with Gasteiger partial charge in [0.2, 0.25) is 0 Å². The van der Waals surface area contributed by atoms with E-state index in [9.17, 15) is 10.2 Å². The van der Waals surface area contributed by atoms with Crippen LogP contribution in [-0.2, 0) is 23.4 Å². The van der Waals surface area contributed by atoms with Gasteiger partial charge in [0, 0.05) is 55.5 Å². The number of aromatic nitrogens is 1. The molecule has 0 radical (unpaired) electrons. The Bertz CT molecular complexity index is 1330. The van der Waals surface area contributed by atoms with E-state index >= 15 is 0 Å². The van der Waals surface area contributed by atoms with Crippen molar-refractivity contribution in [3.05, 3.63) is 99.8 Å². The van der Waals surface area contributed by atoms with Crippen LogP contribution in [0.5, 0.6) is 5.75 Å². The number of pyridine rings is 1. The highest BCUT2D eigenvalue weighted by atomic mass is 35.5. The van der Waals surface area contributed by atoms with Crippen molar-refractivity contribution in [1.82, 2.24) is 9.88 Å². The topological polar surface area (TPSA) is 75.1 Å². The van der Waals surface area contributed by atoms with Crippen LogP contribution in [0.4, 0.5) is 0 Å². The van der Waals surface area contributed by atoms with E-state index in [0.717, 1.165) is 65.2 Å². The molecular weight excluding hydrogens is 512 g/mol. The highest BCUT2D eigenvalue weighted by molar-refractivity contribution is 6.30. The second-order valence-electron chi connectivity index (χ2n) is 11.1. The number of hydrogen-bond acceptors (Lipinski definition) is 6. The minimum atomic E-state index is -0.964. The number of β-amino-alcohol motifs (C(OH)–C–C–N with tert-alkyl or cyclic N) is 1. The lowest BCUT2D eigenvalue weighted by atomic mass is 9.82. The van der Waals surface area contributed by atoms with Crippen LogP contribution >= 0.6 is 11.6 Å². The molecular formula is C32H37ClN2O4. The summed E-state index contributed by atoms with van der Waals surface area (Å²) in [7, 11) is 1.69. The standard InChI is InChI=1S/C32H37ClN2O4/c1-31(2,37)23-10-13-29-27(18-23)25(26-6-4-15-34-28(26)21-39-29)7-5-16-35-17-14-32(38-3,30(36)20-35)19-22-8-11-24(33)12-9-22/h4,6-13,15,18,30,36-37H,5,14,16-17,19-21H2,1-3H3/b25-7+. The van der Waals surface area contributed by atoms with Gasteiger partial charge in [0.1, 0.15) is 18.0 Å². The van der Waals surface area contributed by atoms with Crippen molar-refractivity contribution in [2.24, 2.45) is 0 Å². The number of nitrogens with zero attached hydrogens (tertiary/aromatic N) is 2. The van der Waals surface area contributed by atoms with E-state index in [4.69, 9.17) is 21.1 Å². The van der Waals surface area contributed by atoms with Crippen molar-refractivity contribution in [2.45, 2.75) is 57.0 Å². The van der Waals surface area contributed by atoms with Crippen molar-refractivity contribution >= 4 is 17.2 Å². The molecule has 0 bridgehead atoms. The molecule has 2 aliphatic rings. The third-order valence-electron chi connectivity index (χ3n) is 8.03. The van der Waals surface area contributed by atoms with E-state index in [1.54, 1.807) is 27.2 Å². The summed E-state index contributed by atoms with van der Waals surface area (Å²) in [5.41, 5.74) is 4.32. The molecule has 2 unspecified atom stereocenters. The molecule has 5 rings (SSSR count). The Morgan fingerprint density at radius 1 is 1.18 bits per heavy atom. The van der Waals surface area contributed by atoms with E-state index in [0.29, 0.717) is 24.6 Å². The van der Waals surface area contributed by atoms with E-state index < -0.39 is 17.3 Å². The van der Waals surface area contributed by atoms with Gasteiger partial charge >= 0.3 is 0 Å². The average molecular weight is 549 g/mol. The van der Waals surface area contributed by atoms with Gasteiger partial charge in [-0.15, -0.1) is 0 Å². The Morgan fingerprint density at radius 3 is 2.69 bits per heavy atom. The normalized spacial score (nSPS) is 22.6. The highest BCUT2D eigenvalue weighted by Gasteiger charge is 2.42. The van der Waals surface area contributed by atoms with Crippen molar-refractivity contribution in [2.75, 3.05) is 26.7 Å². The first-order valence-electron chi connectivity index (χ1n) is 13.5. The van der Waals surface area contributed by atoms with Gasteiger partial charge in [0.15, 0.2) is 0 Å². The van der Waals surface area contributed by atoms with Crippen LogP contribution < -0.4 is 4.74 Å². The highest BCUT2D eigenvalue weighted by Crippen LogP contribution is 2.39. The monoisotopic (exact) mass is 548 g/mol. The van der Waals surface area contributed by atoms with E-state index in [1.807, 2.05) is 48.5 Å². The molecule has 2 atom stereocenters. The van der Waals surface area contributed by atoms with Crippen molar-refractivity contribution in [3.8, 4) is 5.75 Å². The lowest BCUT2D eigenvalue weighted by Gasteiger charge is -2.44. The average Bonchev–Trinajstić information content (AvgIpc) is 3.08. The number of benzene rings is 2. The van der Waals surface area contributed by atoms with Crippen LogP contribution in [0, 0.1) is 0 Å². The first-order valence-corrected chi connectivity index (χ1v) is 13.9. The van der Waals surface area contributed by atoms with Gasteiger partial charge in [0.25, 0.3) is 0 Å². The van der Waals surface area contributed by atoms with Crippen LogP contribution in [0.2, 0.25) is 5.02 Å². The fraction of sp³-hybridized carbons (Fsp3) is 0.406. The fourth-order valence-electron chi connectivity index (χ4n) is 5.63. The second kappa shape index (κ2) is 11.4. The summed E-state index contributed by atoms with van der Waals surface area (Å²) in [6, 6.07) is 17.7. The molecule has 1 aromatic heterocycles. The maximum Gasteiger partial charge on any atom is 0.131 e. The Balaban J connectivity index is 1.34. The molecule has 39 heavy (non-hydrogen) atoms. The minimum absolute atomic E-state index is 0.396. The predicted molar refractivity (Wildman–Crippen MR) is 154 cm³/mol. The minimum Gasteiger partial charge on any atom is -0.487 e. The third-order valence-corrected chi connectivity index (χ3v) is 8.28. The van der Waals surface area contributed by atoms with Crippen molar-refractivity contribution in [1.29, 1.82) is 0 Å². The van der Waals surface area contributed by atoms with Crippen molar-refractivity contribution < 1.29 is 19.7 Å². The van der Waals surface area contributed by atoms with Gasteiger partial charge < -0.3 is 24.6 Å². The number of ether oxygens (including phenoxy) is 2. The molecule has 3 aromatic rings.